The van der Waals surface area contributed by atoms with E-state index in [0.717, 1.165) is 25.2 Å². The average Bonchev–Trinajstić information content (AvgIpc) is 3.08. The highest BCUT2D eigenvalue weighted by molar-refractivity contribution is 5.66. The molecular formula is C13H21N3O3. The number of carbonyl (C=O) groups is 1. The van der Waals surface area contributed by atoms with E-state index < -0.39 is 5.97 Å². The zero-order chi connectivity index (χ0) is 13.8. The number of hydrogen-bond donors (Lipinski definition) is 1. The number of carboxylic acids is 1. The Hall–Kier alpha value is -1.43. The van der Waals surface area contributed by atoms with Crippen molar-refractivity contribution in [3.63, 3.8) is 0 Å². The molecule has 1 aromatic heterocycles. The second-order valence-corrected chi connectivity index (χ2v) is 5.38. The molecule has 1 aromatic rings. The van der Waals surface area contributed by atoms with Gasteiger partial charge in [0, 0.05) is 18.4 Å². The number of aliphatic carboxylic acids is 1. The van der Waals surface area contributed by atoms with Gasteiger partial charge in [0.2, 0.25) is 5.89 Å². The first kappa shape index (κ1) is 14.0. The maximum atomic E-state index is 10.5. The zero-order valence-electron chi connectivity index (χ0n) is 11.5. The van der Waals surface area contributed by atoms with Crippen LogP contribution >= 0.6 is 0 Å². The van der Waals surface area contributed by atoms with Crippen molar-refractivity contribution in [1.29, 1.82) is 0 Å². The minimum Gasteiger partial charge on any atom is -0.481 e. The summed E-state index contributed by atoms with van der Waals surface area (Å²) >= 11 is 0. The summed E-state index contributed by atoms with van der Waals surface area (Å²) in [4.78, 5) is 17.1. The third-order valence-corrected chi connectivity index (χ3v) is 3.33. The Balaban J connectivity index is 1.85. The molecule has 2 rings (SSSR count). The molecule has 0 unspecified atom stereocenters. The summed E-state index contributed by atoms with van der Waals surface area (Å²) in [7, 11) is 0. The molecule has 1 fully saturated rings. The predicted octanol–water partition coefficient (Wildman–Crippen LogP) is 2.02. The van der Waals surface area contributed by atoms with Crippen molar-refractivity contribution in [3.05, 3.63) is 11.7 Å². The molecule has 0 spiro atoms. The van der Waals surface area contributed by atoms with Crippen LogP contribution in [0.3, 0.4) is 0 Å². The molecule has 1 aliphatic carbocycles. The van der Waals surface area contributed by atoms with Gasteiger partial charge >= 0.3 is 5.97 Å². The van der Waals surface area contributed by atoms with Gasteiger partial charge in [-0.15, -0.1) is 0 Å². The zero-order valence-corrected chi connectivity index (χ0v) is 11.5. The minimum atomic E-state index is -0.752. The highest BCUT2D eigenvalue weighted by Gasteiger charge is 2.29. The van der Waals surface area contributed by atoms with Crippen molar-refractivity contribution in [2.75, 3.05) is 6.54 Å². The Morgan fingerprint density at radius 1 is 1.53 bits per heavy atom. The number of carboxylic acid groups (broad SMARTS) is 1. The van der Waals surface area contributed by atoms with Gasteiger partial charge < -0.3 is 9.63 Å². The van der Waals surface area contributed by atoms with E-state index in [4.69, 9.17) is 9.63 Å². The summed E-state index contributed by atoms with van der Waals surface area (Å²) in [5.41, 5.74) is 0. The highest BCUT2D eigenvalue weighted by atomic mass is 16.5. The molecule has 0 bridgehead atoms. The van der Waals surface area contributed by atoms with Crippen molar-refractivity contribution >= 4 is 5.97 Å². The second-order valence-electron chi connectivity index (χ2n) is 5.38. The smallest absolute Gasteiger partial charge is 0.303 e. The van der Waals surface area contributed by atoms with Gasteiger partial charge in [0.1, 0.15) is 0 Å². The molecular weight excluding hydrogens is 246 g/mol. The first-order valence-corrected chi connectivity index (χ1v) is 6.84. The van der Waals surface area contributed by atoms with E-state index >= 15 is 0 Å². The summed E-state index contributed by atoms with van der Waals surface area (Å²) in [6.45, 7) is 5.49. The number of rotatable bonds is 8. The topological polar surface area (TPSA) is 79.5 Å². The van der Waals surface area contributed by atoms with E-state index in [2.05, 4.69) is 28.9 Å². The third kappa shape index (κ3) is 4.31. The van der Waals surface area contributed by atoms with Crippen LogP contribution in [0.5, 0.6) is 0 Å². The standard InChI is InChI=1S/C13H21N3O3/c1-9(2)16(7-3-4-12(17)18)8-11-14-13(15-19-11)10-5-6-10/h9-10H,3-8H2,1-2H3,(H,17,18). The molecule has 1 aliphatic rings. The molecule has 0 amide bonds. The lowest BCUT2D eigenvalue weighted by atomic mass is 10.2. The van der Waals surface area contributed by atoms with E-state index in [9.17, 15) is 4.79 Å². The van der Waals surface area contributed by atoms with Gasteiger partial charge in [0.25, 0.3) is 0 Å². The summed E-state index contributed by atoms with van der Waals surface area (Å²) in [5, 5.41) is 12.7. The van der Waals surface area contributed by atoms with E-state index in [1.807, 2.05) is 0 Å². The van der Waals surface area contributed by atoms with Crippen LogP contribution in [0, 0.1) is 0 Å². The summed E-state index contributed by atoms with van der Waals surface area (Å²) < 4.78 is 5.25. The Morgan fingerprint density at radius 3 is 2.84 bits per heavy atom. The lowest BCUT2D eigenvalue weighted by Gasteiger charge is -2.24. The molecule has 0 saturated heterocycles. The van der Waals surface area contributed by atoms with Crippen molar-refractivity contribution in [2.24, 2.45) is 0 Å². The quantitative estimate of drug-likeness (QED) is 0.776. The van der Waals surface area contributed by atoms with Crippen molar-refractivity contribution < 1.29 is 14.4 Å². The SMILES string of the molecule is CC(C)N(CCCC(=O)O)Cc1nc(C2CC2)no1. The Bertz CT molecular complexity index is 427. The number of nitrogens with zero attached hydrogens (tertiary/aromatic N) is 3. The Morgan fingerprint density at radius 2 is 2.26 bits per heavy atom. The normalized spacial score (nSPS) is 15.4. The first-order valence-electron chi connectivity index (χ1n) is 6.84. The van der Waals surface area contributed by atoms with Gasteiger partial charge in [-0.3, -0.25) is 9.69 Å². The maximum absolute atomic E-state index is 10.5. The third-order valence-electron chi connectivity index (χ3n) is 3.33. The largest absolute Gasteiger partial charge is 0.481 e. The number of hydrogen-bond acceptors (Lipinski definition) is 5. The molecule has 1 saturated carbocycles. The lowest BCUT2D eigenvalue weighted by molar-refractivity contribution is -0.137. The summed E-state index contributed by atoms with van der Waals surface area (Å²) in [5.74, 6) is 1.20. The van der Waals surface area contributed by atoms with Crippen LogP contribution in [-0.2, 0) is 11.3 Å². The molecule has 106 valence electrons. The molecule has 6 heteroatoms. The maximum Gasteiger partial charge on any atom is 0.303 e. The van der Waals surface area contributed by atoms with Crippen LogP contribution in [0.25, 0.3) is 0 Å². The van der Waals surface area contributed by atoms with Gasteiger partial charge in [-0.05, 0) is 39.7 Å². The predicted molar refractivity (Wildman–Crippen MR) is 68.7 cm³/mol. The average molecular weight is 267 g/mol. The molecule has 0 aliphatic heterocycles. The Kier molecular flexibility index (Phi) is 4.52. The second kappa shape index (κ2) is 6.14. The van der Waals surface area contributed by atoms with Crippen LogP contribution < -0.4 is 0 Å². The Labute approximate surface area is 112 Å². The summed E-state index contributed by atoms with van der Waals surface area (Å²) in [6, 6.07) is 0.324. The fraction of sp³-hybridized carbons (Fsp3) is 0.769. The van der Waals surface area contributed by atoms with Gasteiger partial charge in [0.05, 0.1) is 6.54 Å². The van der Waals surface area contributed by atoms with Crippen LogP contribution in [0.1, 0.15) is 57.2 Å². The van der Waals surface area contributed by atoms with Gasteiger partial charge in [-0.25, -0.2) is 0 Å². The molecule has 1 heterocycles. The minimum absolute atomic E-state index is 0.195. The van der Waals surface area contributed by atoms with Crippen molar-refractivity contribution in [1.82, 2.24) is 15.0 Å². The van der Waals surface area contributed by atoms with E-state index in [-0.39, 0.29) is 6.42 Å². The van der Waals surface area contributed by atoms with Crippen LogP contribution in [0.2, 0.25) is 0 Å². The van der Waals surface area contributed by atoms with E-state index in [1.165, 1.54) is 0 Å². The molecule has 0 aromatic carbocycles. The fourth-order valence-electron chi connectivity index (χ4n) is 1.97. The van der Waals surface area contributed by atoms with E-state index in [0.29, 0.717) is 30.8 Å². The molecule has 1 N–H and O–H groups in total. The fourth-order valence-corrected chi connectivity index (χ4v) is 1.97. The highest BCUT2D eigenvalue weighted by Crippen LogP contribution is 2.38. The monoisotopic (exact) mass is 267 g/mol. The van der Waals surface area contributed by atoms with Crippen LogP contribution in [0.4, 0.5) is 0 Å². The van der Waals surface area contributed by atoms with E-state index in [1.54, 1.807) is 0 Å². The van der Waals surface area contributed by atoms with Gasteiger partial charge in [-0.1, -0.05) is 5.16 Å². The number of aromatic nitrogens is 2. The van der Waals surface area contributed by atoms with Gasteiger partial charge in [-0.2, -0.15) is 4.98 Å². The molecule has 19 heavy (non-hydrogen) atoms. The molecule has 0 atom stereocenters. The molecule has 6 nitrogen and oxygen atoms in total. The van der Waals surface area contributed by atoms with Gasteiger partial charge in [0.15, 0.2) is 5.82 Å². The summed E-state index contributed by atoms with van der Waals surface area (Å²) in [6.07, 6.45) is 3.15. The van der Waals surface area contributed by atoms with Crippen LogP contribution in [-0.4, -0.2) is 38.7 Å². The lowest BCUT2D eigenvalue weighted by Crippen LogP contribution is -2.31. The van der Waals surface area contributed by atoms with Crippen molar-refractivity contribution in [2.45, 2.75) is 58.0 Å². The molecule has 0 radical (unpaired) electrons. The van der Waals surface area contributed by atoms with Crippen molar-refractivity contribution in [3.8, 4) is 0 Å². The van der Waals surface area contributed by atoms with Crippen LogP contribution in [0.15, 0.2) is 4.52 Å². The first-order chi connectivity index (χ1) is 9.06.